The molecule has 3 unspecified atom stereocenters. The minimum atomic E-state index is -4.58. The molecule has 0 aliphatic heterocycles. The van der Waals surface area contributed by atoms with Crippen LogP contribution in [0.1, 0.15) is 219 Å². The number of nitrogens with one attached hydrogen (secondary N) is 1. The van der Waals surface area contributed by atoms with Gasteiger partial charge in [-0.2, -0.15) is 0 Å². The number of phosphoric acid groups is 1. The number of amides is 1. The Balaban J connectivity index is 4.38. The molecule has 0 bridgehead atoms. The molecule has 0 heterocycles. The lowest BCUT2D eigenvalue weighted by atomic mass is 10.0. The van der Waals surface area contributed by atoms with Gasteiger partial charge in [0.2, 0.25) is 5.91 Å². The van der Waals surface area contributed by atoms with E-state index in [0.717, 1.165) is 38.5 Å². The molecule has 54 heavy (non-hydrogen) atoms. The average molecular weight is 787 g/mol. The summed E-state index contributed by atoms with van der Waals surface area (Å²) in [5.41, 5.74) is 0. The van der Waals surface area contributed by atoms with Gasteiger partial charge >= 0.3 is 0 Å². The summed E-state index contributed by atoms with van der Waals surface area (Å²) >= 11 is 0. The average Bonchev–Trinajstić information content (AvgIpc) is 3.12. The molecule has 2 N–H and O–H groups in total. The molecular formula is C45H91N2O6P. The number of likely N-dealkylation sites (N-methyl/N-ethyl adjacent to an activating group) is 1. The topological polar surface area (TPSA) is 108 Å². The van der Waals surface area contributed by atoms with Gasteiger partial charge in [0.25, 0.3) is 7.82 Å². The molecule has 3 atom stereocenters. The van der Waals surface area contributed by atoms with Gasteiger partial charge in [-0.25, -0.2) is 0 Å². The molecular weight excluding hydrogens is 695 g/mol. The molecule has 0 aromatic heterocycles. The summed E-state index contributed by atoms with van der Waals surface area (Å²) in [6.07, 6.45) is 42.5. The maximum absolute atomic E-state index is 12.8. The highest BCUT2D eigenvalue weighted by Crippen LogP contribution is 2.38. The maximum Gasteiger partial charge on any atom is 0.268 e. The van der Waals surface area contributed by atoms with Crippen LogP contribution in [0, 0.1) is 0 Å². The van der Waals surface area contributed by atoms with Crippen LogP contribution < -0.4 is 10.2 Å². The number of nitrogens with zero attached hydrogens (tertiary/aromatic N) is 1. The van der Waals surface area contributed by atoms with Crippen LogP contribution in [0.5, 0.6) is 0 Å². The summed E-state index contributed by atoms with van der Waals surface area (Å²) in [5, 5.41) is 13.8. The summed E-state index contributed by atoms with van der Waals surface area (Å²) in [4.78, 5) is 25.3. The summed E-state index contributed by atoms with van der Waals surface area (Å²) in [5.74, 6) is -0.195. The maximum atomic E-state index is 12.8. The van der Waals surface area contributed by atoms with E-state index in [0.29, 0.717) is 17.4 Å². The van der Waals surface area contributed by atoms with Gasteiger partial charge in [-0.1, -0.05) is 206 Å². The number of aliphatic hydroxyl groups excluding tert-OH is 1. The Morgan fingerprint density at radius 1 is 0.630 bits per heavy atom. The third kappa shape index (κ3) is 39.5. The molecule has 0 aromatic carbocycles. The van der Waals surface area contributed by atoms with Gasteiger partial charge in [0, 0.05) is 6.42 Å². The molecule has 0 aliphatic rings. The smallest absolute Gasteiger partial charge is 0.268 e. The van der Waals surface area contributed by atoms with E-state index in [1.54, 1.807) is 6.08 Å². The van der Waals surface area contributed by atoms with E-state index in [9.17, 15) is 19.4 Å². The summed E-state index contributed by atoms with van der Waals surface area (Å²) < 4.78 is 23.2. The molecule has 0 saturated heterocycles. The van der Waals surface area contributed by atoms with E-state index < -0.39 is 20.0 Å². The first-order chi connectivity index (χ1) is 26.0. The highest BCUT2D eigenvalue weighted by molar-refractivity contribution is 7.45. The lowest BCUT2D eigenvalue weighted by Crippen LogP contribution is -2.45. The first-order valence-corrected chi connectivity index (χ1v) is 24.5. The van der Waals surface area contributed by atoms with Crippen molar-refractivity contribution in [3.63, 3.8) is 0 Å². The van der Waals surface area contributed by atoms with Crippen molar-refractivity contribution in [2.75, 3.05) is 40.9 Å². The zero-order chi connectivity index (χ0) is 40.0. The van der Waals surface area contributed by atoms with E-state index in [4.69, 9.17) is 9.05 Å². The van der Waals surface area contributed by atoms with Gasteiger partial charge in [-0.15, -0.1) is 0 Å². The second-order valence-electron chi connectivity index (χ2n) is 17.1. The SMILES string of the molecule is CCCCCCCCCCCCCCCCCC/C=C/C(O)C(COP(=O)([O-])OCC[N+](C)(C)C)NC(=O)CCCCCCCCCCCCCCCC. The lowest BCUT2D eigenvalue weighted by Gasteiger charge is -2.29. The molecule has 1 amide bonds. The third-order valence-electron chi connectivity index (χ3n) is 10.5. The van der Waals surface area contributed by atoms with Crippen LogP contribution >= 0.6 is 7.82 Å². The van der Waals surface area contributed by atoms with Crippen LogP contribution in [0.15, 0.2) is 12.2 Å². The van der Waals surface area contributed by atoms with E-state index >= 15 is 0 Å². The van der Waals surface area contributed by atoms with Crippen LogP contribution in [0.2, 0.25) is 0 Å². The van der Waals surface area contributed by atoms with Gasteiger partial charge in [0.15, 0.2) is 0 Å². The first kappa shape index (κ1) is 53.2. The number of hydrogen-bond donors (Lipinski definition) is 2. The van der Waals surface area contributed by atoms with E-state index in [1.165, 1.54) is 161 Å². The molecule has 0 aromatic rings. The van der Waals surface area contributed by atoms with Crippen molar-refractivity contribution in [2.45, 2.75) is 231 Å². The number of allylic oxidation sites excluding steroid dienone is 1. The number of phosphoric ester groups is 1. The van der Waals surface area contributed by atoms with Crippen LogP contribution in [-0.2, 0) is 18.4 Å². The number of aliphatic hydroxyl groups is 1. The monoisotopic (exact) mass is 787 g/mol. The zero-order valence-electron chi connectivity index (χ0n) is 36.4. The Labute approximate surface area is 335 Å². The number of rotatable bonds is 42. The van der Waals surface area contributed by atoms with Gasteiger partial charge in [-0.3, -0.25) is 9.36 Å². The minimum absolute atomic E-state index is 0.00218. The highest BCUT2D eigenvalue weighted by atomic mass is 31.2. The number of carbonyl (C=O) groups is 1. The molecule has 322 valence electrons. The lowest BCUT2D eigenvalue weighted by molar-refractivity contribution is -0.870. The number of unbranched alkanes of at least 4 members (excludes halogenated alkanes) is 29. The Bertz CT molecular complexity index is 896. The molecule has 0 fully saturated rings. The van der Waals surface area contributed by atoms with E-state index in [-0.39, 0.29) is 19.1 Å². The fourth-order valence-electron chi connectivity index (χ4n) is 6.80. The summed E-state index contributed by atoms with van der Waals surface area (Å²) in [6, 6.07) is -0.879. The van der Waals surface area contributed by atoms with Crippen LogP contribution in [0.3, 0.4) is 0 Å². The molecule has 0 saturated carbocycles. The van der Waals surface area contributed by atoms with E-state index in [1.807, 2.05) is 27.2 Å². The van der Waals surface area contributed by atoms with Crippen molar-refractivity contribution in [3.8, 4) is 0 Å². The normalized spacial score (nSPS) is 14.4. The van der Waals surface area contributed by atoms with Gasteiger partial charge in [0.1, 0.15) is 13.2 Å². The molecule has 0 rings (SSSR count). The molecule has 8 nitrogen and oxygen atoms in total. The Hall–Kier alpha value is -0.760. The standard InChI is InChI=1S/C45H91N2O6P/c1-6-8-10-12-14-16-18-20-22-23-24-25-26-28-30-32-34-36-38-44(48)43(42-53-54(50,51)52-41-40-47(3,4)5)46-45(49)39-37-35-33-31-29-27-21-19-17-15-13-11-9-7-2/h36,38,43-44,48H,6-35,37,39-42H2,1-5H3,(H-,46,49,50,51)/b38-36+. The van der Waals surface area contributed by atoms with Gasteiger partial charge < -0.3 is 28.8 Å². The third-order valence-corrected chi connectivity index (χ3v) is 11.5. The van der Waals surface area contributed by atoms with E-state index in [2.05, 4.69) is 19.2 Å². The van der Waals surface area contributed by atoms with Crippen molar-refractivity contribution in [3.05, 3.63) is 12.2 Å². The molecule has 0 aliphatic carbocycles. The van der Waals surface area contributed by atoms with Crippen molar-refractivity contribution >= 4 is 13.7 Å². The molecule has 0 radical (unpaired) electrons. The number of quaternary nitrogens is 1. The van der Waals surface area contributed by atoms with Crippen LogP contribution in [-0.4, -0.2) is 68.5 Å². The molecule has 9 heteroatoms. The van der Waals surface area contributed by atoms with Gasteiger partial charge in [-0.05, 0) is 19.3 Å². The highest BCUT2D eigenvalue weighted by Gasteiger charge is 2.23. The van der Waals surface area contributed by atoms with Crippen molar-refractivity contribution < 1.29 is 32.9 Å². The number of carbonyl (C=O) groups excluding carboxylic acids is 1. The summed E-state index contributed by atoms with van der Waals surface area (Å²) in [7, 11) is 1.27. The second kappa shape index (κ2) is 37.8. The Kier molecular flexibility index (Phi) is 37.3. The van der Waals surface area contributed by atoms with Gasteiger partial charge in [0.05, 0.1) is 39.9 Å². The summed E-state index contributed by atoms with van der Waals surface area (Å²) in [6.45, 7) is 4.66. The minimum Gasteiger partial charge on any atom is -0.756 e. The number of hydrogen-bond acceptors (Lipinski definition) is 6. The quantitative estimate of drug-likeness (QED) is 0.0276. The van der Waals surface area contributed by atoms with Crippen LogP contribution in [0.4, 0.5) is 0 Å². The fraction of sp³-hybridized carbons (Fsp3) is 0.933. The Morgan fingerprint density at radius 3 is 1.39 bits per heavy atom. The van der Waals surface area contributed by atoms with Crippen molar-refractivity contribution in [2.24, 2.45) is 0 Å². The van der Waals surface area contributed by atoms with Crippen molar-refractivity contribution in [1.82, 2.24) is 5.32 Å². The predicted molar refractivity (Wildman–Crippen MR) is 229 cm³/mol. The van der Waals surface area contributed by atoms with Crippen molar-refractivity contribution in [1.29, 1.82) is 0 Å². The van der Waals surface area contributed by atoms with Crippen LogP contribution in [0.25, 0.3) is 0 Å². The Morgan fingerprint density at radius 2 is 1.00 bits per heavy atom. The molecule has 0 spiro atoms. The largest absolute Gasteiger partial charge is 0.756 e. The zero-order valence-corrected chi connectivity index (χ0v) is 37.3. The fourth-order valence-corrected chi connectivity index (χ4v) is 7.52. The second-order valence-corrected chi connectivity index (χ2v) is 18.5. The predicted octanol–water partition coefficient (Wildman–Crippen LogP) is 12.1. The first-order valence-electron chi connectivity index (χ1n) is 23.1.